The van der Waals surface area contributed by atoms with Crippen LogP contribution >= 0.6 is 0 Å². The monoisotopic (exact) mass is 350 g/mol. The predicted octanol–water partition coefficient (Wildman–Crippen LogP) is 2.79. The highest BCUT2D eigenvalue weighted by Crippen LogP contribution is 2.29. The highest BCUT2D eigenvalue weighted by atomic mass is 16.5. The van der Waals surface area contributed by atoms with Crippen LogP contribution in [0, 0.1) is 11.3 Å². The van der Waals surface area contributed by atoms with Gasteiger partial charge in [0.25, 0.3) is 5.89 Å². The summed E-state index contributed by atoms with van der Waals surface area (Å²) in [5, 5.41) is 12.6. The third-order valence-corrected chi connectivity index (χ3v) is 4.12. The third kappa shape index (κ3) is 3.41. The minimum Gasteiger partial charge on any atom is -0.486 e. The molecule has 0 spiro atoms. The molecule has 2 aromatic heterocycles. The Morgan fingerprint density at radius 1 is 1.12 bits per heavy atom. The van der Waals surface area contributed by atoms with Gasteiger partial charge in [0.05, 0.1) is 0 Å². The summed E-state index contributed by atoms with van der Waals surface area (Å²) in [6, 6.07) is 15.2. The summed E-state index contributed by atoms with van der Waals surface area (Å²) in [7, 11) is 0. The van der Waals surface area contributed by atoms with Gasteiger partial charge in [-0.25, -0.2) is 0 Å². The standard InChI is InChI=1S/C19H18N4O3/c20-12-16-19(23-10-8-21-9-11-23)26-18(22-16)17-7-6-15(25-17)13-24-14-4-2-1-3-5-14/h1-7,21H,8-11,13H2. The van der Waals surface area contributed by atoms with Crippen LogP contribution in [0.15, 0.2) is 51.3 Å². The summed E-state index contributed by atoms with van der Waals surface area (Å²) in [5.74, 6) is 2.72. The summed E-state index contributed by atoms with van der Waals surface area (Å²) in [4.78, 5) is 6.30. The van der Waals surface area contributed by atoms with Crippen LogP contribution in [0.25, 0.3) is 11.7 Å². The number of ether oxygens (including phenoxy) is 1. The second kappa shape index (κ2) is 7.33. The number of nitrogens with one attached hydrogen (secondary N) is 1. The van der Waals surface area contributed by atoms with E-state index in [4.69, 9.17) is 13.6 Å². The largest absolute Gasteiger partial charge is 0.486 e. The average molecular weight is 350 g/mol. The Balaban J connectivity index is 1.50. The fraction of sp³-hybridized carbons (Fsp3) is 0.263. The summed E-state index contributed by atoms with van der Waals surface area (Å²) in [6.07, 6.45) is 0. The van der Waals surface area contributed by atoms with Gasteiger partial charge in [0.2, 0.25) is 11.6 Å². The van der Waals surface area contributed by atoms with Crippen LogP contribution in [-0.4, -0.2) is 31.2 Å². The Bertz CT molecular complexity index is 905. The van der Waals surface area contributed by atoms with E-state index < -0.39 is 0 Å². The number of anilines is 1. The number of hydrogen-bond acceptors (Lipinski definition) is 7. The maximum atomic E-state index is 9.36. The zero-order valence-electron chi connectivity index (χ0n) is 14.1. The van der Waals surface area contributed by atoms with E-state index in [0.29, 0.717) is 29.9 Å². The molecule has 0 bridgehead atoms. The average Bonchev–Trinajstić information content (AvgIpc) is 3.35. The van der Waals surface area contributed by atoms with Gasteiger partial charge in [0, 0.05) is 26.2 Å². The fourth-order valence-corrected chi connectivity index (χ4v) is 2.81. The first-order chi connectivity index (χ1) is 12.8. The van der Waals surface area contributed by atoms with Gasteiger partial charge in [0.1, 0.15) is 24.2 Å². The molecule has 0 radical (unpaired) electrons. The second-order valence-corrected chi connectivity index (χ2v) is 5.89. The summed E-state index contributed by atoms with van der Waals surface area (Å²) >= 11 is 0. The number of nitrogens with zero attached hydrogens (tertiary/aromatic N) is 3. The molecule has 0 amide bonds. The maximum Gasteiger partial charge on any atom is 0.266 e. The lowest BCUT2D eigenvalue weighted by atomic mass is 10.3. The van der Waals surface area contributed by atoms with Crippen molar-refractivity contribution < 1.29 is 13.6 Å². The van der Waals surface area contributed by atoms with Crippen molar-refractivity contribution in [3.63, 3.8) is 0 Å². The zero-order chi connectivity index (χ0) is 17.8. The number of benzene rings is 1. The van der Waals surface area contributed by atoms with Crippen molar-refractivity contribution in [1.82, 2.24) is 10.3 Å². The van der Waals surface area contributed by atoms with Crippen LogP contribution in [0.1, 0.15) is 11.5 Å². The van der Waals surface area contributed by atoms with Crippen molar-refractivity contribution in [3.05, 3.63) is 53.9 Å². The van der Waals surface area contributed by atoms with Crippen molar-refractivity contribution >= 4 is 5.88 Å². The molecule has 1 saturated heterocycles. The lowest BCUT2D eigenvalue weighted by Gasteiger charge is -2.26. The Labute approximate surface area is 150 Å². The normalized spacial score (nSPS) is 14.2. The van der Waals surface area contributed by atoms with Gasteiger partial charge in [-0.2, -0.15) is 10.2 Å². The predicted molar refractivity (Wildman–Crippen MR) is 94.8 cm³/mol. The lowest BCUT2D eigenvalue weighted by Crippen LogP contribution is -2.43. The number of rotatable bonds is 5. The van der Waals surface area contributed by atoms with Gasteiger partial charge in [-0.1, -0.05) is 18.2 Å². The van der Waals surface area contributed by atoms with Crippen LogP contribution in [0.3, 0.4) is 0 Å². The molecule has 3 aromatic rings. The molecule has 7 heteroatoms. The highest BCUT2D eigenvalue weighted by Gasteiger charge is 2.23. The van der Waals surface area contributed by atoms with Gasteiger partial charge in [-0.3, -0.25) is 0 Å². The van der Waals surface area contributed by atoms with E-state index in [0.717, 1.165) is 31.9 Å². The van der Waals surface area contributed by atoms with Gasteiger partial charge in [0.15, 0.2) is 5.76 Å². The first-order valence-electron chi connectivity index (χ1n) is 8.47. The number of hydrogen-bond donors (Lipinski definition) is 1. The van der Waals surface area contributed by atoms with Gasteiger partial charge in [-0.05, 0) is 24.3 Å². The van der Waals surface area contributed by atoms with Crippen LogP contribution in [0.2, 0.25) is 0 Å². The van der Waals surface area contributed by atoms with E-state index in [1.165, 1.54) is 0 Å². The topological polar surface area (TPSA) is 87.5 Å². The summed E-state index contributed by atoms with van der Waals surface area (Å²) < 4.78 is 17.3. The number of oxazole rings is 1. The van der Waals surface area contributed by atoms with Crippen LogP contribution in [0.5, 0.6) is 5.75 Å². The molecule has 1 aliphatic heterocycles. The van der Waals surface area contributed by atoms with Gasteiger partial charge >= 0.3 is 0 Å². The Morgan fingerprint density at radius 3 is 2.69 bits per heavy atom. The Hall–Kier alpha value is -3.24. The lowest BCUT2D eigenvalue weighted by molar-refractivity contribution is 0.271. The quantitative estimate of drug-likeness (QED) is 0.757. The number of furan rings is 1. The van der Waals surface area contributed by atoms with Crippen molar-refractivity contribution in [2.45, 2.75) is 6.61 Å². The van der Waals surface area contributed by atoms with E-state index in [9.17, 15) is 5.26 Å². The number of para-hydroxylation sites is 1. The molecule has 1 aliphatic rings. The summed E-state index contributed by atoms with van der Waals surface area (Å²) in [6.45, 7) is 3.56. The van der Waals surface area contributed by atoms with Crippen LogP contribution in [-0.2, 0) is 6.61 Å². The zero-order valence-corrected chi connectivity index (χ0v) is 14.1. The number of aromatic nitrogens is 1. The molecule has 7 nitrogen and oxygen atoms in total. The Kier molecular flexibility index (Phi) is 4.58. The van der Waals surface area contributed by atoms with E-state index >= 15 is 0 Å². The van der Waals surface area contributed by atoms with Gasteiger partial charge in [-0.15, -0.1) is 0 Å². The first-order valence-corrected chi connectivity index (χ1v) is 8.47. The molecular weight excluding hydrogens is 332 g/mol. The van der Waals surface area contributed by atoms with Crippen molar-refractivity contribution in [2.75, 3.05) is 31.1 Å². The minimum atomic E-state index is 0.278. The molecule has 0 aliphatic carbocycles. The molecule has 0 unspecified atom stereocenters. The maximum absolute atomic E-state index is 9.36. The first kappa shape index (κ1) is 16.2. The number of nitriles is 1. The molecule has 4 rings (SSSR count). The Morgan fingerprint density at radius 2 is 1.92 bits per heavy atom. The highest BCUT2D eigenvalue weighted by molar-refractivity contribution is 5.56. The van der Waals surface area contributed by atoms with Crippen molar-refractivity contribution in [3.8, 4) is 23.5 Å². The SMILES string of the molecule is N#Cc1nc(-c2ccc(COc3ccccc3)o2)oc1N1CCNCC1. The molecule has 1 fully saturated rings. The molecule has 132 valence electrons. The molecular formula is C19H18N4O3. The van der Waals surface area contributed by atoms with Crippen LogP contribution in [0.4, 0.5) is 5.88 Å². The molecule has 1 N–H and O–H groups in total. The third-order valence-electron chi connectivity index (χ3n) is 4.12. The van der Waals surface area contributed by atoms with E-state index in [2.05, 4.69) is 16.4 Å². The summed E-state index contributed by atoms with van der Waals surface area (Å²) in [5.41, 5.74) is 0.278. The van der Waals surface area contributed by atoms with E-state index in [1.807, 2.05) is 41.3 Å². The molecule has 3 heterocycles. The van der Waals surface area contributed by atoms with Crippen LogP contribution < -0.4 is 15.0 Å². The molecule has 0 saturated carbocycles. The second-order valence-electron chi connectivity index (χ2n) is 5.89. The fourth-order valence-electron chi connectivity index (χ4n) is 2.81. The molecule has 26 heavy (non-hydrogen) atoms. The van der Waals surface area contributed by atoms with Crippen molar-refractivity contribution in [1.29, 1.82) is 5.26 Å². The smallest absolute Gasteiger partial charge is 0.266 e. The van der Waals surface area contributed by atoms with Gasteiger partial charge < -0.3 is 23.8 Å². The number of piperazine rings is 1. The van der Waals surface area contributed by atoms with E-state index in [-0.39, 0.29) is 5.69 Å². The molecule has 1 aromatic carbocycles. The van der Waals surface area contributed by atoms with E-state index in [1.54, 1.807) is 6.07 Å². The minimum absolute atomic E-state index is 0.278. The molecule has 0 atom stereocenters. The van der Waals surface area contributed by atoms with Crippen molar-refractivity contribution in [2.24, 2.45) is 0 Å².